The lowest BCUT2D eigenvalue weighted by atomic mass is 10.1. The first-order valence-electron chi connectivity index (χ1n) is 5.21. The third kappa shape index (κ3) is 4.56. The summed E-state index contributed by atoms with van der Waals surface area (Å²) < 4.78 is 0. The molecule has 1 aromatic heterocycles. The zero-order valence-electron chi connectivity index (χ0n) is 9.43. The van der Waals surface area contributed by atoms with E-state index in [1.807, 2.05) is 24.4 Å². The highest BCUT2D eigenvalue weighted by Crippen LogP contribution is 2.13. The molecule has 2 rings (SSSR count). The third-order valence-corrected chi connectivity index (χ3v) is 2.74. The maximum atomic E-state index is 4.27. The fourth-order valence-electron chi connectivity index (χ4n) is 1.81. The van der Waals surface area contributed by atoms with Crippen LogP contribution in [-0.2, 0) is 0 Å². The maximum Gasteiger partial charge on any atom is 0.126 e. The summed E-state index contributed by atoms with van der Waals surface area (Å²) in [6, 6.07) is 6.59. The second-order valence-corrected chi connectivity index (χ2v) is 3.94. The lowest BCUT2D eigenvalue weighted by Crippen LogP contribution is -2.36. The smallest absolute Gasteiger partial charge is 0.126 e. The van der Waals surface area contributed by atoms with E-state index in [0.29, 0.717) is 6.04 Å². The van der Waals surface area contributed by atoms with Crippen molar-refractivity contribution in [3.63, 3.8) is 0 Å². The summed E-state index contributed by atoms with van der Waals surface area (Å²) in [5, 5.41) is 3.46. The predicted molar refractivity (Wildman–Crippen MR) is 72.9 cm³/mol. The average Bonchev–Trinajstić information content (AvgIpc) is 2.23. The van der Waals surface area contributed by atoms with E-state index in [0.717, 1.165) is 5.82 Å². The summed E-state index contributed by atoms with van der Waals surface area (Å²) in [7, 11) is 2.18. The number of aromatic nitrogens is 1. The van der Waals surface area contributed by atoms with Gasteiger partial charge in [-0.05, 0) is 45.1 Å². The van der Waals surface area contributed by atoms with Crippen molar-refractivity contribution >= 4 is 30.6 Å². The van der Waals surface area contributed by atoms with Crippen LogP contribution in [0.4, 0.5) is 5.82 Å². The van der Waals surface area contributed by atoms with E-state index in [1.165, 1.54) is 25.9 Å². The van der Waals surface area contributed by atoms with E-state index in [-0.39, 0.29) is 24.8 Å². The van der Waals surface area contributed by atoms with Crippen LogP contribution in [0.25, 0.3) is 0 Å². The lowest BCUT2D eigenvalue weighted by molar-refractivity contribution is 0.263. The van der Waals surface area contributed by atoms with Gasteiger partial charge in [0.05, 0.1) is 0 Å². The first-order valence-corrected chi connectivity index (χ1v) is 5.21. The first kappa shape index (κ1) is 15.5. The number of nitrogens with zero attached hydrogens (tertiary/aromatic N) is 2. The fraction of sp³-hybridized carbons (Fsp3) is 0.545. The Kier molecular flexibility index (Phi) is 7.47. The van der Waals surface area contributed by atoms with Gasteiger partial charge in [-0.15, -0.1) is 24.8 Å². The van der Waals surface area contributed by atoms with Gasteiger partial charge in [-0.1, -0.05) is 6.07 Å². The van der Waals surface area contributed by atoms with Crippen LogP contribution < -0.4 is 5.32 Å². The van der Waals surface area contributed by atoms with Gasteiger partial charge in [-0.3, -0.25) is 0 Å². The fourth-order valence-corrected chi connectivity index (χ4v) is 1.81. The van der Waals surface area contributed by atoms with Crippen molar-refractivity contribution in [2.45, 2.75) is 18.9 Å². The number of pyridine rings is 1. The lowest BCUT2D eigenvalue weighted by Gasteiger charge is -2.29. The number of hydrogen-bond donors (Lipinski definition) is 1. The standard InChI is InChI=1S/C11H17N3.2ClH/c1-14-8-5-10(6-9-14)13-11-4-2-3-7-12-11;;/h2-4,7,10H,5-6,8-9H2,1H3,(H,12,13);2*1H. The highest BCUT2D eigenvalue weighted by molar-refractivity contribution is 5.85. The molecule has 0 radical (unpaired) electrons. The second kappa shape index (κ2) is 7.71. The molecule has 16 heavy (non-hydrogen) atoms. The van der Waals surface area contributed by atoms with Crippen molar-refractivity contribution in [2.75, 3.05) is 25.5 Å². The van der Waals surface area contributed by atoms with Crippen molar-refractivity contribution in [1.82, 2.24) is 9.88 Å². The highest BCUT2D eigenvalue weighted by Gasteiger charge is 2.16. The van der Waals surface area contributed by atoms with Gasteiger partial charge in [0, 0.05) is 12.2 Å². The second-order valence-electron chi connectivity index (χ2n) is 3.94. The van der Waals surface area contributed by atoms with Gasteiger partial charge in [0.1, 0.15) is 5.82 Å². The quantitative estimate of drug-likeness (QED) is 0.889. The van der Waals surface area contributed by atoms with E-state index in [4.69, 9.17) is 0 Å². The number of hydrogen-bond acceptors (Lipinski definition) is 3. The van der Waals surface area contributed by atoms with Crippen LogP contribution in [0.5, 0.6) is 0 Å². The normalized spacial score (nSPS) is 17.1. The minimum Gasteiger partial charge on any atom is -0.367 e. The van der Waals surface area contributed by atoms with Crippen molar-refractivity contribution in [3.8, 4) is 0 Å². The number of anilines is 1. The summed E-state index contributed by atoms with van der Waals surface area (Å²) in [5.74, 6) is 1.00. The van der Waals surface area contributed by atoms with Crippen LogP contribution >= 0.6 is 24.8 Å². The number of likely N-dealkylation sites (tertiary alicyclic amines) is 1. The topological polar surface area (TPSA) is 28.2 Å². The Balaban J connectivity index is 0.00000112. The van der Waals surface area contributed by atoms with Crippen LogP contribution in [0.3, 0.4) is 0 Å². The van der Waals surface area contributed by atoms with E-state index >= 15 is 0 Å². The van der Waals surface area contributed by atoms with Gasteiger partial charge in [0.2, 0.25) is 0 Å². The molecule has 1 saturated heterocycles. The van der Waals surface area contributed by atoms with Crippen molar-refractivity contribution in [2.24, 2.45) is 0 Å². The molecular formula is C11H19Cl2N3. The van der Waals surface area contributed by atoms with Gasteiger partial charge >= 0.3 is 0 Å². The van der Waals surface area contributed by atoms with Gasteiger partial charge < -0.3 is 10.2 Å². The van der Waals surface area contributed by atoms with Crippen LogP contribution in [0, 0.1) is 0 Å². The molecule has 1 aliphatic heterocycles. The molecule has 0 aliphatic carbocycles. The Morgan fingerprint density at radius 3 is 2.50 bits per heavy atom. The Bertz CT molecular complexity index is 274. The average molecular weight is 264 g/mol. The molecule has 0 bridgehead atoms. The first-order chi connectivity index (χ1) is 6.84. The Morgan fingerprint density at radius 2 is 1.94 bits per heavy atom. The Labute approximate surface area is 109 Å². The number of rotatable bonds is 2. The highest BCUT2D eigenvalue weighted by atomic mass is 35.5. The van der Waals surface area contributed by atoms with Gasteiger partial charge in [0.15, 0.2) is 0 Å². The monoisotopic (exact) mass is 263 g/mol. The zero-order valence-corrected chi connectivity index (χ0v) is 11.1. The molecule has 0 spiro atoms. The molecule has 0 saturated carbocycles. The van der Waals surface area contributed by atoms with Crippen LogP contribution in [0.15, 0.2) is 24.4 Å². The van der Waals surface area contributed by atoms with Crippen LogP contribution in [0.1, 0.15) is 12.8 Å². The molecule has 3 nitrogen and oxygen atoms in total. The van der Waals surface area contributed by atoms with Crippen molar-refractivity contribution in [1.29, 1.82) is 0 Å². The molecular weight excluding hydrogens is 245 g/mol. The van der Waals surface area contributed by atoms with Gasteiger partial charge in [0.25, 0.3) is 0 Å². The molecule has 1 aromatic rings. The van der Waals surface area contributed by atoms with E-state index in [1.54, 1.807) is 0 Å². The van der Waals surface area contributed by atoms with E-state index in [9.17, 15) is 0 Å². The summed E-state index contributed by atoms with van der Waals surface area (Å²) in [6.07, 6.45) is 4.26. The molecule has 1 N–H and O–H groups in total. The predicted octanol–water partition coefficient (Wildman–Crippen LogP) is 2.43. The summed E-state index contributed by atoms with van der Waals surface area (Å²) in [5.41, 5.74) is 0. The van der Waals surface area contributed by atoms with Crippen LogP contribution in [-0.4, -0.2) is 36.1 Å². The van der Waals surface area contributed by atoms with Crippen molar-refractivity contribution in [3.05, 3.63) is 24.4 Å². The minimum absolute atomic E-state index is 0. The SMILES string of the molecule is CN1CCC(Nc2ccccn2)CC1.Cl.Cl. The van der Waals surface area contributed by atoms with Gasteiger partial charge in [-0.2, -0.15) is 0 Å². The molecule has 0 atom stereocenters. The summed E-state index contributed by atoms with van der Waals surface area (Å²) in [4.78, 5) is 6.64. The number of nitrogens with one attached hydrogen (secondary N) is 1. The third-order valence-electron chi connectivity index (χ3n) is 2.74. The summed E-state index contributed by atoms with van der Waals surface area (Å²) >= 11 is 0. The van der Waals surface area contributed by atoms with Crippen LogP contribution in [0.2, 0.25) is 0 Å². The number of halogens is 2. The maximum absolute atomic E-state index is 4.27. The Morgan fingerprint density at radius 1 is 1.25 bits per heavy atom. The molecule has 5 heteroatoms. The van der Waals surface area contributed by atoms with Gasteiger partial charge in [-0.25, -0.2) is 4.98 Å². The molecule has 1 aliphatic rings. The van der Waals surface area contributed by atoms with E-state index in [2.05, 4.69) is 22.2 Å². The number of piperidine rings is 1. The molecule has 1 fully saturated rings. The molecule has 92 valence electrons. The molecule has 0 amide bonds. The minimum atomic E-state index is 0. The largest absolute Gasteiger partial charge is 0.367 e. The molecule has 2 heterocycles. The van der Waals surface area contributed by atoms with Crippen molar-refractivity contribution < 1.29 is 0 Å². The molecule has 0 aromatic carbocycles. The summed E-state index contributed by atoms with van der Waals surface area (Å²) in [6.45, 7) is 2.37. The zero-order chi connectivity index (χ0) is 9.80. The Hall–Kier alpha value is -0.510. The van der Waals surface area contributed by atoms with E-state index < -0.39 is 0 Å². The molecule has 0 unspecified atom stereocenters.